The predicted octanol–water partition coefficient (Wildman–Crippen LogP) is 4.06. The molecule has 0 fully saturated rings. The second-order valence-corrected chi connectivity index (χ2v) is 6.52. The number of para-hydroxylation sites is 1. The molecule has 6 heteroatoms. The zero-order chi connectivity index (χ0) is 18.8. The summed E-state index contributed by atoms with van der Waals surface area (Å²) in [6, 6.07) is 15.2. The molecular weight excluding hydrogens is 350 g/mol. The third-order valence-electron chi connectivity index (χ3n) is 3.56. The van der Waals surface area contributed by atoms with Crippen LogP contribution in [0.4, 0.5) is 5.69 Å². The van der Waals surface area contributed by atoms with Crippen LogP contribution in [0.15, 0.2) is 53.4 Å². The Labute approximate surface area is 158 Å². The van der Waals surface area contributed by atoms with Gasteiger partial charge in [-0.05, 0) is 43.9 Å². The molecule has 0 saturated heterocycles. The lowest BCUT2D eigenvalue weighted by atomic mass is 10.2. The Morgan fingerprint density at radius 3 is 2.54 bits per heavy atom. The molecule has 0 unspecified atom stereocenters. The second-order valence-electron chi connectivity index (χ2n) is 5.67. The molecule has 0 atom stereocenters. The van der Waals surface area contributed by atoms with Gasteiger partial charge in [-0.1, -0.05) is 29.8 Å². The first-order chi connectivity index (χ1) is 12.6. The van der Waals surface area contributed by atoms with Gasteiger partial charge in [0.25, 0.3) is 5.91 Å². The monoisotopic (exact) mass is 373 g/mol. The van der Waals surface area contributed by atoms with Crippen molar-refractivity contribution >= 4 is 29.3 Å². The Kier molecular flexibility index (Phi) is 8.02. The molecule has 1 amide bonds. The summed E-state index contributed by atoms with van der Waals surface area (Å²) in [6.07, 6.45) is 2.67. The van der Waals surface area contributed by atoms with E-state index in [0.29, 0.717) is 18.7 Å². The number of rotatable bonds is 9. The molecule has 0 aliphatic heterocycles. The molecule has 5 nitrogen and oxygen atoms in total. The number of anilines is 1. The molecule has 0 radical (unpaired) electrons. The molecule has 1 N–H and O–H groups in total. The highest BCUT2D eigenvalue weighted by Gasteiger charge is 2.09. The van der Waals surface area contributed by atoms with Crippen LogP contribution < -0.4 is 10.1 Å². The van der Waals surface area contributed by atoms with Crippen molar-refractivity contribution in [2.24, 2.45) is 0 Å². The standard InChI is InChI=1S/C20H23NO4S/c1-15-9-11-16(12-10-15)24-13-5-8-20(23)25-14-19(22)21-17-6-3-4-7-18(17)26-2/h3-4,6-7,9-12H,5,8,13-14H2,1-2H3,(H,21,22). The third-order valence-corrected chi connectivity index (χ3v) is 4.36. The lowest BCUT2D eigenvalue weighted by molar-refractivity contribution is -0.147. The van der Waals surface area contributed by atoms with Crippen molar-refractivity contribution in [2.45, 2.75) is 24.7 Å². The fourth-order valence-corrected chi connectivity index (χ4v) is 2.75. The first-order valence-corrected chi connectivity index (χ1v) is 9.59. The Bertz CT molecular complexity index is 731. The number of aryl methyl sites for hydroxylation is 1. The van der Waals surface area contributed by atoms with Crippen molar-refractivity contribution in [1.29, 1.82) is 0 Å². The number of esters is 1. The van der Waals surface area contributed by atoms with E-state index in [0.717, 1.165) is 10.6 Å². The Balaban J connectivity index is 1.63. The fraction of sp³-hybridized carbons (Fsp3) is 0.300. The number of hydrogen-bond acceptors (Lipinski definition) is 5. The highest BCUT2D eigenvalue weighted by molar-refractivity contribution is 7.98. The van der Waals surface area contributed by atoms with Gasteiger partial charge in [-0.25, -0.2) is 0 Å². The van der Waals surface area contributed by atoms with E-state index in [4.69, 9.17) is 9.47 Å². The van der Waals surface area contributed by atoms with Gasteiger partial charge in [0, 0.05) is 11.3 Å². The summed E-state index contributed by atoms with van der Waals surface area (Å²) in [7, 11) is 0. The minimum absolute atomic E-state index is 0.209. The maximum absolute atomic E-state index is 11.9. The molecule has 2 aromatic rings. The van der Waals surface area contributed by atoms with Crippen molar-refractivity contribution in [3.63, 3.8) is 0 Å². The molecule has 2 aromatic carbocycles. The van der Waals surface area contributed by atoms with Gasteiger partial charge in [0.15, 0.2) is 6.61 Å². The normalized spacial score (nSPS) is 10.2. The van der Waals surface area contributed by atoms with E-state index in [1.165, 1.54) is 17.3 Å². The maximum Gasteiger partial charge on any atom is 0.306 e. The van der Waals surface area contributed by atoms with Crippen LogP contribution in [0.2, 0.25) is 0 Å². The summed E-state index contributed by atoms with van der Waals surface area (Å²) in [6.45, 7) is 2.14. The van der Waals surface area contributed by atoms with Gasteiger partial charge in [0.2, 0.25) is 0 Å². The highest BCUT2D eigenvalue weighted by Crippen LogP contribution is 2.24. The molecule has 0 bridgehead atoms. The van der Waals surface area contributed by atoms with Gasteiger partial charge in [-0.3, -0.25) is 9.59 Å². The minimum atomic E-state index is -0.411. The molecule has 0 heterocycles. The molecular formula is C20H23NO4S. The van der Waals surface area contributed by atoms with Crippen LogP contribution in [-0.2, 0) is 14.3 Å². The van der Waals surface area contributed by atoms with Gasteiger partial charge >= 0.3 is 5.97 Å². The lowest BCUT2D eigenvalue weighted by Gasteiger charge is -2.10. The number of hydrogen-bond donors (Lipinski definition) is 1. The van der Waals surface area contributed by atoms with Crippen LogP contribution in [-0.4, -0.2) is 31.3 Å². The largest absolute Gasteiger partial charge is 0.494 e. The summed E-state index contributed by atoms with van der Waals surface area (Å²) in [5.41, 5.74) is 1.88. The topological polar surface area (TPSA) is 64.6 Å². The Hall–Kier alpha value is -2.47. The average molecular weight is 373 g/mol. The van der Waals surface area contributed by atoms with Gasteiger partial charge in [0.1, 0.15) is 5.75 Å². The average Bonchev–Trinajstić information content (AvgIpc) is 2.65. The summed E-state index contributed by atoms with van der Waals surface area (Å²) >= 11 is 1.54. The van der Waals surface area contributed by atoms with Crippen LogP contribution in [0.1, 0.15) is 18.4 Å². The number of ether oxygens (including phenoxy) is 2. The molecule has 0 spiro atoms. The van der Waals surface area contributed by atoms with E-state index in [-0.39, 0.29) is 18.9 Å². The van der Waals surface area contributed by atoms with E-state index in [2.05, 4.69) is 5.32 Å². The lowest BCUT2D eigenvalue weighted by Crippen LogP contribution is -2.21. The smallest absolute Gasteiger partial charge is 0.306 e. The van der Waals surface area contributed by atoms with Crippen LogP contribution >= 0.6 is 11.8 Å². The van der Waals surface area contributed by atoms with E-state index in [1.807, 2.05) is 61.7 Å². The number of carbonyl (C=O) groups is 2. The summed E-state index contributed by atoms with van der Waals surface area (Å²) in [4.78, 5) is 24.6. The second kappa shape index (κ2) is 10.5. The molecule has 2 rings (SSSR count). The zero-order valence-electron chi connectivity index (χ0n) is 15.0. The van der Waals surface area contributed by atoms with Crippen molar-refractivity contribution in [3.05, 3.63) is 54.1 Å². The molecule has 0 aliphatic rings. The van der Waals surface area contributed by atoms with E-state index < -0.39 is 5.97 Å². The number of amides is 1. The zero-order valence-corrected chi connectivity index (χ0v) is 15.8. The van der Waals surface area contributed by atoms with E-state index in [1.54, 1.807) is 0 Å². The first-order valence-electron chi connectivity index (χ1n) is 8.36. The van der Waals surface area contributed by atoms with Gasteiger partial charge in [-0.15, -0.1) is 11.8 Å². The van der Waals surface area contributed by atoms with Crippen LogP contribution in [0.25, 0.3) is 0 Å². The predicted molar refractivity (Wildman–Crippen MR) is 104 cm³/mol. The fourth-order valence-electron chi connectivity index (χ4n) is 2.19. The molecule has 138 valence electrons. The van der Waals surface area contributed by atoms with E-state index >= 15 is 0 Å². The van der Waals surface area contributed by atoms with Gasteiger partial charge in [-0.2, -0.15) is 0 Å². The molecule has 0 aromatic heterocycles. The van der Waals surface area contributed by atoms with Crippen molar-refractivity contribution in [1.82, 2.24) is 0 Å². The van der Waals surface area contributed by atoms with Gasteiger partial charge < -0.3 is 14.8 Å². The van der Waals surface area contributed by atoms with Crippen molar-refractivity contribution in [2.75, 3.05) is 24.8 Å². The SMILES string of the molecule is CSc1ccccc1NC(=O)COC(=O)CCCOc1ccc(C)cc1. The minimum Gasteiger partial charge on any atom is -0.494 e. The molecule has 26 heavy (non-hydrogen) atoms. The number of nitrogens with one attached hydrogen (secondary N) is 1. The Morgan fingerprint density at radius 2 is 1.81 bits per heavy atom. The van der Waals surface area contributed by atoms with Crippen molar-refractivity contribution in [3.8, 4) is 5.75 Å². The summed E-state index contributed by atoms with van der Waals surface area (Å²) in [5.74, 6) is 0.0115. The first kappa shape index (κ1) is 19.8. The Morgan fingerprint density at radius 1 is 1.08 bits per heavy atom. The van der Waals surface area contributed by atoms with Crippen molar-refractivity contribution < 1.29 is 19.1 Å². The van der Waals surface area contributed by atoms with Gasteiger partial charge in [0.05, 0.1) is 12.3 Å². The number of thioether (sulfide) groups is 1. The van der Waals surface area contributed by atoms with Crippen LogP contribution in [0, 0.1) is 6.92 Å². The summed E-state index contributed by atoms with van der Waals surface area (Å²) < 4.78 is 10.6. The quantitative estimate of drug-likeness (QED) is 0.408. The van der Waals surface area contributed by atoms with E-state index in [9.17, 15) is 9.59 Å². The summed E-state index contributed by atoms with van der Waals surface area (Å²) in [5, 5.41) is 2.75. The maximum atomic E-state index is 11.9. The number of carbonyl (C=O) groups excluding carboxylic acids is 2. The van der Waals surface area contributed by atoms with Crippen LogP contribution in [0.5, 0.6) is 5.75 Å². The highest BCUT2D eigenvalue weighted by atomic mass is 32.2. The van der Waals surface area contributed by atoms with Crippen LogP contribution in [0.3, 0.4) is 0 Å². The molecule has 0 aliphatic carbocycles. The third kappa shape index (κ3) is 6.80. The molecule has 0 saturated carbocycles. The number of benzene rings is 2.